The normalized spacial score (nSPS) is 11.1. The van der Waals surface area contributed by atoms with Crippen LogP contribution in [0.3, 0.4) is 0 Å². The molecule has 0 aromatic heterocycles. The van der Waals surface area contributed by atoms with E-state index in [4.69, 9.17) is 10.5 Å². The van der Waals surface area contributed by atoms with Gasteiger partial charge in [-0.3, -0.25) is 0 Å². The van der Waals surface area contributed by atoms with E-state index in [2.05, 4.69) is 10.0 Å². The lowest BCUT2D eigenvalue weighted by Gasteiger charge is -2.12. The van der Waals surface area contributed by atoms with Gasteiger partial charge in [-0.25, -0.2) is 13.1 Å². The van der Waals surface area contributed by atoms with E-state index in [1.807, 2.05) is 18.2 Å². The van der Waals surface area contributed by atoms with Crippen molar-refractivity contribution >= 4 is 27.1 Å². The third kappa shape index (κ3) is 3.45. The number of hydrogen-bond donors (Lipinski definition) is 3. The van der Waals surface area contributed by atoms with E-state index >= 15 is 0 Å². The van der Waals surface area contributed by atoms with Crippen molar-refractivity contribution in [3.8, 4) is 5.75 Å². The summed E-state index contributed by atoms with van der Waals surface area (Å²) in [7, 11) is -0.574. The van der Waals surface area contributed by atoms with Gasteiger partial charge in [-0.2, -0.15) is 0 Å². The molecule has 0 bridgehead atoms. The van der Waals surface area contributed by atoms with Gasteiger partial charge in [0.15, 0.2) is 0 Å². The number of benzene rings is 2. The average Bonchev–Trinajstić information content (AvgIpc) is 2.49. The Bertz CT molecular complexity index is 745. The summed E-state index contributed by atoms with van der Waals surface area (Å²) >= 11 is 0. The average molecular weight is 307 g/mol. The number of nitrogens with one attached hydrogen (secondary N) is 2. The van der Waals surface area contributed by atoms with Gasteiger partial charge in [0.1, 0.15) is 5.75 Å². The lowest BCUT2D eigenvalue weighted by atomic mass is 10.2. The lowest BCUT2D eigenvalue weighted by Crippen LogP contribution is -2.18. The van der Waals surface area contributed by atoms with Gasteiger partial charge in [-0.15, -0.1) is 0 Å². The van der Waals surface area contributed by atoms with Crippen molar-refractivity contribution in [2.45, 2.75) is 4.90 Å². The van der Waals surface area contributed by atoms with Crippen LogP contribution in [-0.4, -0.2) is 22.6 Å². The third-order valence-corrected chi connectivity index (χ3v) is 4.36. The molecule has 112 valence electrons. The molecule has 2 rings (SSSR count). The van der Waals surface area contributed by atoms with Crippen LogP contribution in [0.25, 0.3) is 0 Å². The highest BCUT2D eigenvalue weighted by Crippen LogP contribution is 2.27. The Labute approximate surface area is 124 Å². The van der Waals surface area contributed by atoms with E-state index in [1.54, 1.807) is 19.2 Å². The Hall–Kier alpha value is -2.25. The first-order chi connectivity index (χ1) is 9.96. The van der Waals surface area contributed by atoms with Crippen LogP contribution in [0.5, 0.6) is 5.75 Å². The van der Waals surface area contributed by atoms with Gasteiger partial charge in [0, 0.05) is 11.8 Å². The van der Waals surface area contributed by atoms with Crippen LogP contribution in [0.2, 0.25) is 0 Å². The first kappa shape index (κ1) is 15.1. The molecule has 0 spiro atoms. The number of anilines is 3. The van der Waals surface area contributed by atoms with Gasteiger partial charge < -0.3 is 15.8 Å². The van der Waals surface area contributed by atoms with Gasteiger partial charge in [-0.1, -0.05) is 6.07 Å². The first-order valence-electron chi connectivity index (χ1n) is 6.20. The molecule has 0 saturated carbocycles. The Morgan fingerprint density at radius 2 is 1.90 bits per heavy atom. The largest absolute Gasteiger partial charge is 0.497 e. The number of rotatable bonds is 5. The molecule has 2 aromatic carbocycles. The Kier molecular flexibility index (Phi) is 4.35. The smallest absolute Gasteiger partial charge is 0.240 e. The van der Waals surface area contributed by atoms with Crippen molar-refractivity contribution in [2.75, 3.05) is 25.2 Å². The second-order valence-electron chi connectivity index (χ2n) is 4.31. The second kappa shape index (κ2) is 6.02. The molecule has 21 heavy (non-hydrogen) atoms. The fourth-order valence-corrected chi connectivity index (χ4v) is 2.54. The van der Waals surface area contributed by atoms with E-state index in [0.29, 0.717) is 17.1 Å². The van der Waals surface area contributed by atoms with Crippen molar-refractivity contribution in [3.63, 3.8) is 0 Å². The zero-order valence-electron chi connectivity index (χ0n) is 11.8. The summed E-state index contributed by atoms with van der Waals surface area (Å²) in [6.45, 7) is 0. The van der Waals surface area contributed by atoms with Gasteiger partial charge in [0.25, 0.3) is 0 Å². The number of nitrogens with two attached hydrogens (primary N) is 1. The van der Waals surface area contributed by atoms with Crippen LogP contribution in [-0.2, 0) is 10.0 Å². The van der Waals surface area contributed by atoms with Crippen molar-refractivity contribution in [1.82, 2.24) is 4.72 Å². The highest BCUT2D eigenvalue weighted by Gasteiger charge is 2.13. The molecular formula is C14H17N3O3S. The summed E-state index contributed by atoms with van der Waals surface area (Å²) in [5.41, 5.74) is 7.60. The minimum absolute atomic E-state index is 0.143. The topological polar surface area (TPSA) is 93.5 Å². The minimum atomic E-state index is -3.51. The molecule has 7 heteroatoms. The number of nitrogen functional groups attached to an aromatic ring is 1. The first-order valence-corrected chi connectivity index (χ1v) is 7.69. The standard InChI is InChI=1S/C14H17N3O3S/c1-16-21(18,19)12-6-7-13(15)14(9-12)17-10-4-3-5-11(8-10)20-2/h3-9,16-17H,15H2,1-2H3. The van der Waals surface area contributed by atoms with E-state index in [-0.39, 0.29) is 4.90 Å². The number of ether oxygens (including phenoxy) is 1. The molecule has 0 radical (unpaired) electrons. The van der Waals surface area contributed by atoms with E-state index in [1.165, 1.54) is 19.2 Å². The monoisotopic (exact) mass is 307 g/mol. The summed E-state index contributed by atoms with van der Waals surface area (Å²) in [6, 6.07) is 11.8. The van der Waals surface area contributed by atoms with Gasteiger partial charge in [-0.05, 0) is 37.4 Å². The van der Waals surface area contributed by atoms with Crippen molar-refractivity contribution in [2.24, 2.45) is 0 Å². The molecule has 0 heterocycles. The molecule has 0 unspecified atom stereocenters. The summed E-state index contributed by atoms with van der Waals surface area (Å²) < 4.78 is 31.0. The van der Waals surface area contributed by atoms with Crippen LogP contribution < -0.4 is 20.5 Å². The molecule has 6 nitrogen and oxygen atoms in total. The zero-order chi connectivity index (χ0) is 15.5. The summed E-state index contributed by atoms with van der Waals surface area (Å²) in [4.78, 5) is 0.143. The molecule has 0 aliphatic heterocycles. The SMILES string of the molecule is CNS(=O)(=O)c1ccc(N)c(Nc2cccc(OC)c2)c1. The van der Waals surface area contributed by atoms with Crippen LogP contribution in [0.4, 0.5) is 17.1 Å². The molecule has 0 aliphatic rings. The number of hydrogen-bond acceptors (Lipinski definition) is 5. The molecule has 4 N–H and O–H groups in total. The lowest BCUT2D eigenvalue weighted by molar-refractivity contribution is 0.415. The molecule has 0 amide bonds. The third-order valence-electron chi connectivity index (χ3n) is 2.95. The van der Waals surface area contributed by atoms with E-state index in [0.717, 1.165) is 5.69 Å². The Morgan fingerprint density at radius 1 is 1.14 bits per heavy atom. The maximum Gasteiger partial charge on any atom is 0.240 e. The fourth-order valence-electron chi connectivity index (χ4n) is 1.78. The predicted octanol–water partition coefficient (Wildman–Crippen LogP) is 1.93. The van der Waals surface area contributed by atoms with Gasteiger partial charge in [0.2, 0.25) is 10.0 Å². The number of sulfonamides is 1. The van der Waals surface area contributed by atoms with Crippen molar-refractivity contribution in [3.05, 3.63) is 42.5 Å². The summed E-state index contributed by atoms with van der Waals surface area (Å²) in [5.74, 6) is 0.692. The van der Waals surface area contributed by atoms with E-state index in [9.17, 15) is 8.42 Å². The highest BCUT2D eigenvalue weighted by atomic mass is 32.2. The fraction of sp³-hybridized carbons (Fsp3) is 0.143. The van der Waals surface area contributed by atoms with Crippen LogP contribution in [0.1, 0.15) is 0 Å². The van der Waals surface area contributed by atoms with Crippen LogP contribution in [0.15, 0.2) is 47.4 Å². The van der Waals surface area contributed by atoms with Crippen molar-refractivity contribution < 1.29 is 13.2 Å². The van der Waals surface area contributed by atoms with Crippen LogP contribution >= 0.6 is 0 Å². The maximum absolute atomic E-state index is 11.8. The maximum atomic E-state index is 11.8. The van der Waals surface area contributed by atoms with Gasteiger partial charge >= 0.3 is 0 Å². The Morgan fingerprint density at radius 3 is 2.57 bits per heavy atom. The quantitative estimate of drug-likeness (QED) is 0.734. The molecule has 0 saturated heterocycles. The van der Waals surface area contributed by atoms with Gasteiger partial charge in [0.05, 0.1) is 23.4 Å². The highest BCUT2D eigenvalue weighted by molar-refractivity contribution is 7.89. The van der Waals surface area contributed by atoms with Crippen molar-refractivity contribution in [1.29, 1.82) is 0 Å². The molecular weight excluding hydrogens is 290 g/mol. The molecule has 2 aromatic rings. The summed E-state index contributed by atoms with van der Waals surface area (Å²) in [5, 5.41) is 3.09. The predicted molar refractivity (Wildman–Crippen MR) is 83.4 cm³/mol. The minimum Gasteiger partial charge on any atom is -0.497 e. The second-order valence-corrected chi connectivity index (χ2v) is 6.20. The van der Waals surface area contributed by atoms with Crippen LogP contribution in [0, 0.1) is 0 Å². The Balaban J connectivity index is 2.37. The zero-order valence-corrected chi connectivity index (χ0v) is 12.6. The number of methoxy groups -OCH3 is 1. The molecule has 0 atom stereocenters. The molecule has 0 aliphatic carbocycles. The summed E-state index contributed by atoms with van der Waals surface area (Å²) in [6.07, 6.45) is 0. The van der Waals surface area contributed by atoms with E-state index < -0.39 is 10.0 Å². The molecule has 0 fully saturated rings.